The van der Waals surface area contributed by atoms with Gasteiger partial charge in [0.15, 0.2) is 6.10 Å². The third-order valence-corrected chi connectivity index (χ3v) is 3.74. The Morgan fingerprint density at radius 1 is 1.05 bits per heavy atom. The average Bonchev–Trinajstić information content (AvgIpc) is 3.22. The van der Waals surface area contributed by atoms with E-state index in [1.807, 2.05) is 0 Å². The monoisotopic (exact) mass is 286 g/mol. The SMILES string of the molecule is CCCCCCCCCCCC1OC1C(=O)OCCO. The molecule has 1 aliphatic heterocycles. The summed E-state index contributed by atoms with van der Waals surface area (Å²) in [5.41, 5.74) is 0. The minimum Gasteiger partial charge on any atom is -0.461 e. The molecule has 4 heteroatoms. The third-order valence-electron chi connectivity index (χ3n) is 3.74. The van der Waals surface area contributed by atoms with Crippen molar-refractivity contribution >= 4 is 5.97 Å². The molecule has 1 saturated heterocycles. The highest BCUT2D eigenvalue weighted by atomic mass is 16.6. The standard InChI is InChI=1S/C16H30O4/c1-2-3-4-5-6-7-8-9-10-11-14-15(20-14)16(18)19-13-12-17/h14-15,17H,2-13H2,1H3. The van der Waals surface area contributed by atoms with Gasteiger partial charge in [0.05, 0.1) is 12.7 Å². The lowest BCUT2D eigenvalue weighted by atomic mass is 10.1. The highest BCUT2D eigenvalue weighted by Crippen LogP contribution is 2.28. The molecule has 0 radical (unpaired) electrons. The van der Waals surface area contributed by atoms with E-state index < -0.39 is 0 Å². The molecule has 0 aromatic rings. The Labute approximate surface area is 122 Å². The summed E-state index contributed by atoms with van der Waals surface area (Å²) in [6.07, 6.45) is 12.4. The van der Waals surface area contributed by atoms with Crippen molar-refractivity contribution in [1.29, 1.82) is 0 Å². The van der Waals surface area contributed by atoms with Gasteiger partial charge >= 0.3 is 5.97 Å². The molecule has 20 heavy (non-hydrogen) atoms. The Morgan fingerprint density at radius 3 is 2.25 bits per heavy atom. The summed E-state index contributed by atoms with van der Waals surface area (Å²) in [7, 11) is 0. The molecular formula is C16H30O4. The predicted molar refractivity (Wildman–Crippen MR) is 78.5 cm³/mol. The summed E-state index contributed by atoms with van der Waals surface area (Å²) in [6, 6.07) is 0. The molecule has 1 rings (SSSR count). The molecule has 2 atom stereocenters. The van der Waals surface area contributed by atoms with Crippen molar-refractivity contribution in [2.24, 2.45) is 0 Å². The second-order valence-corrected chi connectivity index (χ2v) is 5.60. The van der Waals surface area contributed by atoms with E-state index in [1.165, 1.54) is 51.4 Å². The number of carbonyl (C=O) groups is 1. The molecule has 0 saturated carbocycles. The maximum atomic E-state index is 11.4. The number of rotatable bonds is 13. The van der Waals surface area contributed by atoms with E-state index in [9.17, 15) is 4.79 Å². The minimum atomic E-state index is -0.365. The largest absolute Gasteiger partial charge is 0.461 e. The van der Waals surface area contributed by atoms with Gasteiger partial charge in [0.2, 0.25) is 0 Å². The first-order valence-corrected chi connectivity index (χ1v) is 8.22. The maximum Gasteiger partial charge on any atom is 0.338 e. The topological polar surface area (TPSA) is 59.1 Å². The molecule has 4 nitrogen and oxygen atoms in total. The van der Waals surface area contributed by atoms with Gasteiger partial charge < -0.3 is 14.6 Å². The van der Waals surface area contributed by atoms with Crippen molar-refractivity contribution in [2.75, 3.05) is 13.2 Å². The van der Waals surface area contributed by atoms with Crippen LogP contribution < -0.4 is 0 Å². The van der Waals surface area contributed by atoms with Crippen LogP contribution in [0.4, 0.5) is 0 Å². The second kappa shape index (κ2) is 11.1. The van der Waals surface area contributed by atoms with Crippen LogP contribution in [-0.4, -0.2) is 36.5 Å². The van der Waals surface area contributed by atoms with Crippen LogP contribution in [-0.2, 0) is 14.3 Å². The first kappa shape index (κ1) is 17.4. The quantitative estimate of drug-likeness (QED) is 0.321. The van der Waals surface area contributed by atoms with Crippen LogP contribution in [0.15, 0.2) is 0 Å². The molecule has 0 aliphatic carbocycles. The van der Waals surface area contributed by atoms with Crippen LogP contribution in [0, 0.1) is 0 Å². The molecule has 2 unspecified atom stereocenters. The normalized spacial score (nSPS) is 20.9. The fourth-order valence-electron chi connectivity index (χ4n) is 2.45. The number of aliphatic hydroxyl groups excluding tert-OH is 1. The summed E-state index contributed by atoms with van der Waals surface area (Å²) < 4.78 is 10.1. The van der Waals surface area contributed by atoms with E-state index >= 15 is 0 Å². The highest BCUT2D eigenvalue weighted by molar-refractivity contribution is 5.77. The summed E-state index contributed by atoms with van der Waals surface area (Å²) in [5, 5.41) is 8.56. The molecule has 0 aromatic carbocycles. The van der Waals surface area contributed by atoms with Crippen LogP contribution in [0.5, 0.6) is 0 Å². The lowest BCUT2D eigenvalue weighted by Gasteiger charge is -2.01. The van der Waals surface area contributed by atoms with E-state index in [1.54, 1.807) is 0 Å². The molecule has 1 fully saturated rings. The van der Waals surface area contributed by atoms with Crippen LogP contribution in [0.25, 0.3) is 0 Å². The van der Waals surface area contributed by atoms with Gasteiger partial charge in [-0.1, -0.05) is 64.7 Å². The average molecular weight is 286 g/mol. The summed E-state index contributed by atoms with van der Waals surface area (Å²) in [6.45, 7) is 2.19. The maximum absolute atomic E-state index is 11.4. The molecule has 1 heterocycles. The van der Waals surface area contributed by atoms with Crippen molar-refractivity contribution in [1.82, 2.24) is 0 Å². The minimum absolute atomic E-state index is 0.0609. The molecule has 0 bridgehead atoms. The first-order valence-electron chi connectivity index (χ1n) is 8.22. The van der Waals surface area contributed by atoms with Gasteiger partial charge in [-0.25, -0.2) is 4.79 Å². The van der Waals surface area contributed by atoms with Crippen molar-refractivity contribution < 1.29 is 19.4 Å². The third kappa shape index (κ3) is 7.85. The fraction of sp³-hybridized carbons (Fsp3) is 0.938. The van der Waals surface area contributed by atoms with E-state index in [4.69, 9.17) is 14.6 Å². The number of hydrogen-bond acceptors (Lipinski definition) is 4. The molecule has 0 aromatic heterocycles. The predicted octanol–water partition coefficient (Wildman–Crippen LogP) is 3.21. The Morgan fingerprint density at radius 2 is 1.65 bits per heavy atom. The molecular weight excluding hydrogens is 256 g/mol. The molecule has 1 aliphatic rings. The van der Waals surface area contributed by atoms with E-state index in [0.717, 1.165) is 12.8 Å². The number of ether oxygens (including phenoxy) is 2. The molecule has 0 amide bonds. The van der Waals surface area contributed by atoms with Gasteiger partial charge in [-0.05, 0) is 6.42 Å². The number of epoxide rings is 1. The second-order valence-electron chi connectivity index (χ2n) is 5.60. The first-order chi connectivity index (χ1) is 9.79. The highest BCUT2D eigenvalue weighted by Gasteiger charge is 2.45. The van der Waals surface area contributed by atoms with Gasteiger partial charge in [-0.3, -0.25) is 0 Å². The Bertz CT molecular complexity index is 255. The Balaban J connectivity index is 1.83. The zero-order valence-electron chi connectivity index (χ0n) is 12.8. The van der Waals surface area contributed by atoms with Crippen molar-refractivity contribution in [3.63, 3.8) is 0 Å². The zero-order chi connectivity index (χ0) is 14.6. The smallest absolute Gasteiger partial charge is 0.338 e. The van der Waals surface area contributed by atoms with Crippen molar-refractivity contribution in [2.45, 2.75) is 83.3 Å². The summed E-state index contributed by atoms with van der Waals surface area (Å²) in [5.74, 6) is -0.319. The fourth-order valence-corrected chi connectivity index (χ4v) is 2.45. The van der Waals surface area contributed by atoms with Gasteiger partial charge in [-0.2, -0.15) is 0 Å². The zero-order valence-corrected chi connectivity index (χ0v) is 12.8. The van der Waals surface area contributed by atoms with Crippen LogP contribution in [0.3, 0.4) is 0 Å². The molecule has 1 N–H and O–H groups in total. The summed E-state index contributed by atoms with van der Waals surface area (Å²) in [4.78, 5) is 11.4. The number of hydrogen-bond donors (Lipinski definition) is 1. The number of esters is 1. The lowest BCUT2D eigenvalue weighted by molar-refractivity contribution is -0.146. The van der Waals surface area contributed by atoms with Gasteiger partial charge in [0.1, 0.15) is 6.61 Å². The van der Waals surface area contributed by atoms with Gasteiger partial charge in [0, 0.05) is 0 Å². The van der Waals surface area contributed by atoms with Crippen LogP contribution >= 0.6 is 0 Å². The van der Waals surface area contributed by atoms with Crippen LogP contribution in [0.2, 0.25) is 0 Å². The van der Waals surface area contributed by atoms with Crippen molar-refractivity contribution in [3.8, 4) is 0 Å². The van der Waals surface area contributed by atoms with Gasteiger partial charge in [0.25, 0.3) is 0 Å². The van der Waals surface area contributed by atoms with E-state index in [2.05, 4.69) is 6.92 Å². The Hall–Kier alpha value is -0.610. The number of aliphatic hydroxyl groups is 1. The molecule has 0 spiro atoms. The van der Waals surface area contributed by atoms with Gasteiger partial charge in [-0.15, -0.1) is 0 Å². The summed E-state index contributed by atoms with van der Waals surface area (Å²) >= 11 is 0. The van der Waals surface area contributed by atoms with E-state index in [0.29, 0.717) is 0 Å². The molecule has 118 valence electrons. The Kier molecular flexibility index (Phi) is 9.67. The lowest BCUT2D eigenvalue weighted by Crippen LogP contribution is -2.16. The van der Waals surface area contributed by atoms with E-state index in [-0.39, 0.29) is 31.4 Å². The number of carbonyl (C=O) groups excluding carboxylic acids is 1. The number of unbranched alkanes of at least 4 members (excludes halogenated alkanes) is 8. The van der Waals surface area contributed by atoms with Crippen molar-refractivity contribution in [3.05, 3.63) is 0 Å². The van der Waals surface area contributed by atoms with Crippen LogP contribution in [0.1, 0.15) is 71.1 Å².